The molecule has 3 aromatic carbocycles. The van der Waals surface area contributed by atoms with Crippen molar-refractivity contribution in [1.82, 2.24) is 0 Å². The zero-order valence-corrected chi connectivity index (χ0v) is 12.3. The summed E-state index contributed by atoms with van der Waals surface area (Å²) in [6, 6.07) is 29.9. The third-order valence-electron chi connectivity index (χ3n) is 3.82. The Bertz CT molecular complexity index is 683. The summed E-state index contributed by atoms with van der Waals surface area (Å²) in [6.07, 6.45) is 0.981. The van der Waals surface area contributed by atoms with Crippen LogP contribution in [0.3, 0.4) is 0 Å². The first kappa shape index (κ1) is 13.6. The van der Waals surface area contributed by atoms with E-state index in [9.17, 15) is 0 Å². The van der Waals surface area contributed by atoms with Crippen LogP contribution < -0.4 is 0 Å². The summed E-state index contributed by atoms with van der Waals surface area (Å²) in [5.41, 5.74) is 5.31. The lowest BCUT2D eigenvalue weighted by Crippen LogP contribution is -2.00. The Morgan fingerprint density at radius 1 is 0.667 bits per heavy atom. The molecule has 0 spiro atoms. The lowest BCUT2D eigenvalue weighted by atomic mass is 9.89. The summed E-state index contributed by atoms with van der Waals surface area (Å²) in [7, 11) is 0. The lowest BCUT2D eigenvalue weighted by Gasteiger charge is -2.15. The molecule has 0 N–H and O–H groups in total. The molecule has 1 radical (unpaired) electrons. The van der Waals surface area contributed by atoms with Crippen molar-refractivity contribution in [3.05, 3.63) is 102 Å². The number of hydrogen-bond acceptors (Lipinski definition) is 0. The van der Waals surface area contributed by atoms with Crippen molar-refractivity contribution in [2.24, 2.45) is 0 Å². The van der Waals surface area contributed by atoms with Crippen molar-refractivity contribution in [1.29, 1.82) is 0 Å². The van der Waals surface area contributed by atoms with Crippen LogP contribution in [0.1, 0.15) is 18.1 Å². The molecule has 3 rings (SSSR count). The molecule has 0 bridgehead atoms. The fourth-order valence-electron chi connectivity index (χ4n) is 2.68. The van der Waals surface area contributed by atoms with E-state index >= 15 is 0 Å². The second-order valence-electron chi connectivity index (χ2n) is 5.35. The van der Waals surface area contributed by atoms with Crippen molar-refractivity contribution in [3.63, 3.8) is 0 Å². The Labute approximate surface area is 127 Å². The van der Waals surface area contributed by atoms with Gasteiger partial charge in [0.2, 0.25) is 0 Å². The van der Waals surface area contributed by atoms with E-state index in [4.69, 9.17) is 0 Å². The zero-order valence-electron chi connectivity index (χ0n) is 12.3. The highest BCUT2D eigenvalue weighted by Crippen LogP contribution is 2.28. The van der Waals surface area contributed by atoms with E-state index < -0.39 is 0 Å². The van der Waals surface area contributed by atoms with E-state index in [1.807, 2.05) is 0 Å². The maximum atomic E-state index is 2.23. The molecule has 0 fully saturated rings. The molecule has 0 saturated heterocycles. The predicted octanol–water partition coefficient (Wildman–Crippen LogP) is 5.54. The van der Waals surface area contributed by atoms with Gasteiger partial charge >= 0.3 is 0 Å². The molecule has 0 saturated carbocycles. The molecular weight excluding hydrogens is 252 g/mol. The monoisotopic (exact) mass is 271 g/mol. The van der Waals surface area contributed by atoms with Crippen molar-refractivity contribution >= 4 is 0 Å². The summed E-state index contributed by atoms with van der Waals surface area (Å²) >= 11 is 0. The molecule has 0 nitrogen and oxygen atoms in total. The van der Waals surface area contributed by atoms with Crippen molar-refractivity contribution < 1.29 is 0 Å². The molecule has 0 unspecified atom stereocenters. The van der Waals surface area contributed by atoms with Crippen LogP contribution >= 0.6 is 0 Å². The zero-order chi connectivity index (χ0) is 14.5. The molecule has 3 aromatic rings. The topological polar surface area (TPSA) is 0 Å². The van der Waals surface area contributed by atoms with Gasteiger partial charge in [-0.2, -0.15) is 0 Å². The quantitative estimate of drug-likeness (QED) is 0.584. The number of rotatable bonds is 4. The van der Waals surface area contributed by atoms with E-state index in [1.54, 1.807) is 0 Å². The van der Waals surface area contributed by atoms with Crippen molar-refractivity contribution in [2.75, 3.05) is 0 Å². The van der Waals surface area contributed by atoms with Gasteiger partial charge in [0.25, 0.3) is 0 Å². The van der Waals surface area contributed by atoms with Gasteiger partial charge in [0, 0.05) is 5.92 Å². The fourth-order valence-corrected chi connectivity index (χ4v) is 2.68. The van der Waals surface area contributed by atoms with Crippen LogP contribution in [0.5, 0.6) is 0 Å². The Morgan fingerprint density at radius 2 is 1.24 bits per heavy atom. The first-order valence-electron chi connectivity index (χ1n) is 7.36. The van der Waals surface area contributed by atoms with Gasteiger partial charge in [0.1, 0.15) is 0 Å². The van der Waals surface area contributed by atoms with Gasteiger partial charge in [0.05, 0.1) is 0 Å². The van der Waals surface area contributed by atoms with Gasteiger partial charge in [-0.25, -0.2) is 0 Å². The molecule has 0 aromatic heterocycles. The Morgan fingerprint density at radius 3 is 1.95 bits per heavy atom. The molecule has 0 aliphatic heterocycles. The summed E-state index contributed by atoms with van der Waals surface area (Å²) in [5, 5.41) is 0. The highest BCUT2D eigenvalue weighted by Gasteiger charge is 2.10. The smallest absolute Gasteiger partial charge is 0.00626 e. The highest BCUT2D eigenvalue weighted by atomic mass is 14.1. The number of hydrogen-bond donors (Lipinski definition) is 0. The molecule has 103 valence electrons. The Hall–Kier alpha value is -2.34. The predicted molar refractivity (Wildman–Crippen MR) is 90.0 cm³/mol. The molecule has 0 heteroatoms. The molecule has 0 aliphatic rings. The van der Waals surface area contributed by atoms with Crippen LogP contribution in [0.15, 0.2) is 84.9 Å². The van der Waals surface area contributed by atoms with Crippen LogP contribution in [-0.4, -0.2) is 0 Å². The van der Waals surface area contributed by atoms with Crippen molar-refractivity contribution in [3.8, 4) is 11.1 Å². The Kier molecular flexibility index (Phi) is 4.16. The van der Waals surface area contributed by atoms with E-state index in [-0.39, 0.29) is 0 Å². The molecule has 0 aliphatic carbocycles. The average Bonchev–Trinajstić information content (AvgIpc) is 2.57. The summed E-state index contributed by atoms with van der Waals surface area (Å²) in [6.45, 7) is 2.22. The second-order valence-corrected chi connectivity index (χ2v) is 5.35. The van der Waals surface area contributed by atoms with Crippen LogP contribution in [0.25, 0.3) is 11.1 Å². The fraction of sp³-hybridized carbons (Fsp3) is 0.0952. The first-order chi connectivity index (χ1) is 10.3. The third kappa shape index (κ3) is 3.22. The van der Waals surface area contributed by atoms with Crippen LogP contribution in [0.2, 0.25) is 0 Å². The molecule has 0 amide bonds. The normalized spacial score (nSPS) is 10.8. The highest BCUT2D eigenvalue weighted by molar-refractivity contribution is 5.67. The molecule has 0 heterocycles. The van der Waals surface area contributed by atoms with Crippen LogP contribution in [-0.2, 0) is 6.42 Å². The van der Waals surface area contributed by atoms with E-state index in [0.29, 0.717) is 0 Å². The van der Waals surface area contributed by atoms with Gasteiger partial charge in [-0.3, -0.25) is 0 Å². The van der Waals surface area contributed by atoms with Gasteiger partial charge in [-0.15, -0.1) is 0 Å². The van der Waals surface area contributed by atoms with Crippen LogP contribution in [0, 0.1) is 5.92 Å². The van der Waals surface area contributed by atoms with Gasteiger partial charge in [0.15, 0.2) is 0 Å². The minimum atomic E-state index is 0.981. The lowest BCUT2D eigenvalue weighted by molar-refractivity contribution is 0.995. The molecule has 0 atom stereocenters. The maximum Gasteiger partial charge on any atom is 0.00626 e. The summed E-state index contributed by atoms with van der Waals surface area (Å²) in [5.74, 6) is 1.40. The second kappa shape index (κ2) is 6.41. The van der Waals surface area contributed by atoms with E-state index in [1.165, 1.54) is 28.2 Å². The standard InChI is InChI=1S/C21H19/c1-17(18-10-4-2-5-11-18)16-20-14-8-9-15-21(20)19-12-6-3-7-13-19/h2-15H,16H2,1H3. The minimum absolute atomic E-state index is 0.981. The van der Waals surface area contributed by atoms with Gasteiger partial charge in [-0.05, 0) is 28.7 Å². The minimum Gasteiger partial charge on any atom is -0.0622 e. The molecule has 21 heavy (non-hydrogen) atoms. The van der Waals surface area contributed by atoms with Crippen LogP contribution in [0.4, 0.5) is 0 Å². The van der Waals surface area contributed by atoms with E-state index in [0.717, 1.165) is 6.42 Å². The largest absolute Gasteiger partial charge is 0.0622 e. The SMILES string of the molecule is C[C](Cc1ccccc1-c1ccccc1)c1ccccc1. The van der Waals surface area contributed by atoms with Gasteiger partial charge in [-0.1, -0.05) is 91.9 Å². The molecular formula is C21H19. The summed E-state index contributed by atoms with van der Waals surface area (Å²) < 4.78 is 0. The number of benzene rings is 3. The first-order valence-corrected chi connectivity index (χ1v) is 7.36. The van der Waals surface area contributed by atoms with E-state index in [2.05, 4.69) is 91.9 Å². The maximum absolute atomic E-state index is 2.23. The van der Waals surface area contributed by atoms with Gasteiger partial charge < -0.3 is 0 Å². The third-order valence-corrected chi connectivity index (χ3v) is 3.82. The van der Waals surface area contributed by atoms with Crippen molar-refractivity contribution in [2.45, 2.75) is 13.3 Å². The Balaban J connectivity index is 1.90. The average molecular weight is 271 g/mol. The summed E-state index contributed by atoms with van der Waals surface area (Å²) in [4.78, 5) is 0.